The fourth-order valence-electron chi connectivity index (χ4n) is 2.24. The Balaban J connectivity index is 0.000000160. The largest absolute Gasteiger partial charge is 0.691 e. The third-order valence-corrected chi connectivity index (χ3v) is 3.30. The van der Waals surface area contributed by atoms with Gasteiger partial charge in [0.05, 0.1) is 10.4 Å². The second-order valence-electron chi connectivity index (χ2n) is 4.75. The van der Waals surface area contributed by atoms with Gasteiger partial charge in [-0.05, 0) is 24.3 Å². The molecule has 0 aliphatic carbocycles. The number of fused-ring (bicyclic) bond motifs is 2. The minimum Gasteiger partial charge on any atom is -0.691 e. The first kappa shape index (κ1) is 16.2. The van der Waals surface area contributed by atoms with E-state index in [1.807, 2.05) is 36.4 Å². The van der Waals surface area contributed by atoms with Crippen LogP contribution in [0.5, 0.6) is 0 Å². The quantitative estimate of drug-likeness (QED) is 0.323. The molecule has 0 aliphatic heterocycles. The Morgan fingerprint density at radius 3 is 1.43 bits per heavy atom. The maximum Gasteiger partial charge on any atom is 0.202 e. The molecule has 0 aliphatic rings. The molecular weight excluding hydrogens is 300 g/mol. The van der Waals surface area contributed by atoms with E-state index >= 15 is 0 Å². The Morgan fingerprint density at radius 1 is 0.739 bits per heavy atom. The van der Waals surface area contributed by atoms with Gasteiger partial charge in [-0.1, -0.05) is 24.3 Å². The van der Waals surface area contributed by atoms with Gasteiger partial charge in [0.25, 0.3) is 0 Å². The summed E-state index contributed by atoms with van der Waals surface area (Å²) in [6.07, 6.45) is 0. The number of aryl methyl sites for hydroxylation is 2. The van der Waals surface area contributed by atoms with Crippen molar-refractivity contribution in [1.82, 2.24) is 19.8 Å². The number of para-hydroxylation sites is 4. The predicted octanol–water partition coefficient (Wildman–Crippen LogP) is -0.411. The zero-order valence-electron chi connectivity index (χ0n) is 12.6. The second-order valence-corrected chi connectivity index (χ2v) is 4.75. The van der Waals surface area contributed by atoms with Gasteiger partial charge >= 0.3 is 0 Å². The lowest BCUT2D eigenvalue weighted by Crippen LogP contribution is -2.29. The maximum absolute atomic E-state index is 11.0. The molecule has 9 nitrogen and oxygen atoms in total. The molecule has 23 heavy (non-hydrogen) atoms. The summed E-state index contributed by atoms with van der Waals surface area (Å²) in [7, 11) is 3.49. The van der Waals surface area contributed by atoms with E-state index in [0.29, 0.717) is 20.7 Å². The first-order valence-corrected chi connectivity index (χ1v) is 6.61. The van der Waals surface area contributed by atoms with Crippen molar-refractivity contribution in [2.75, 3.05) is 0 Å². The molecule has 4 rings (SSSR count). The molecule has 9 heteroatoms. The molecule has 0 fully saturated rings. The van der Waals surface area contributed by atoms with Crippen molar-refractivity contribution in [2.24, 2.45) is 14.1 Å². The highest BCUT2D eigenvalue weighted by Gasteiger charge is 2.08. The number of nitrogens with zero attached hydrogens (tertiary/aromatic N) is 6. The number of benzene rings is 2. The van der Waals surface area contributed by atoms with Crippen molar-refractivity contribution in [1.29, 1.82) is 0 Å². The van der Waals surface area contributed by atoms with Crippen LogP contribution in [0.1, 0.15) is 0 Å². The van der Waals surface area contributed by atoms with E-state index < -0.39 is 0 Å². The lowest BCUT2D eigenvalue weighted by Gasteiger charge is -1.89. The molecule has 0 atom stereocenters. The molecule has 0 spiro atoms. The van der Waals surface area contributed by atoms with Crippen LogP contribution in [0.15, 0.2) is 48.5 Å². The van der Waals surface area contributed by atoms with Gasteiger partial charge in [0.2, 0.25) is 11.0 Å². The van der Waals surface area contributed by atoms with Crippen LogP contribution < -0.4 is 9.69 Å². The Kier molecular flexibility index (Phi) is 4.42. The van der Waals surface area contributed by atoms with E-state index in [9.17, 15) is 10.4 Å². The summed E-state index contributed by atoms with van der Waals surface area (Å²) < 4.78 is 3.12. The molecular formula is C14H16N6O3. The van der Waals surface area contributed by atoms with Gasteiger partial charge in [-0.15, -0.1) is 19.1 Å². The highest BCUT2D eigenvalue weighted by molar-refractivity contribution is 5.71. The summed E-state index contributed by atoms with van der Waals surface area (Å²) in [5.74, 6) is 0. The second kappa shape index (κ2) is 6.28. The maximum atomic E-state index is 11.0. The predicted molar refractivity (Wildman–Crippen MR) is 83.0 cm³/mol. The molecule has 4 aromatic rings. The molecule has 2 heterocycles. The van der Waals surface area contributed by atoms with Gasteiger partial charge in [0.1, 0.15) is 14.1 Å². The van der Waals surface area contributed by atoms with E-state index in [2.05, 4.69) is 10.4 Å². The topological polar surface area (TPSA) is 121 Å². The summed E-state index contributed by atoms with van der Waals surface area (Å²) >= 11 is 0. The van der Waals surface area contributed by atoms with Crippen LogP contribution in [0.3, 0.4) is 0 Å². The molecule has 2 aromatic carbocycles. The molecule has 0 saturated carbocycles. The standard InChI is InChI=1S/2C7H7N3O.H2O/c2*1-9-6-4-2-3-5-7(6)10(11)8-9;/h2*2-5H,1H3;1H2. The van der Waals surface area contributed by atoms with Crippen LogP contribution in [-0.2, 0) is 14.1 Å². The minimum absolute atomic E-state index is 0. The fourth-order valence-corrected chi connectivity index (χ4v) is 2.24. The molecule has 0 amide bonds. The molecule has 2 N–H and O–H groups in total. The first-order valence-electron chi connectivity index (χ1n) is 6.61. The van der Waals surface area contributed by atoms with Gasteiger partial charge in [-0.25, -0.2) is 0 Å². The van der Waals surface area contributed by atoms with Gasteiger partial charge in [-0.2, -0.15) is 0 Å². The molecule has 2 aromatic heterocycles. The van der Waals surface area contributed by atoms with Crippen molar-refractivity contribution in [2.45, 2.75) is 0 Å². The van der Waals surface area contributed by atoms with Crippen molar-refractivity contribution >= 4 is 22.1 Å². The average molecular weight is 316 g/mol. The summed E-state index contributed by atoms with van der Waals surface area (Å²) in [4.78, 5) is 1.24. The SMILES string of the molecule is Cn1n[n+]([O-])c2ccccc21.Cn1n[n+]([O-])c2ccccc21.O. The summed E-state index contributed by atoms with van der Waals surface area (Å²) in [5.41, 5.74) is 2.91. The Morgan fingerprint density at radius 2 is 1.09 bits per heavy atom. The molecule has 0 bridgehead atoms. The van der Waals surface area contributed by atoms with Crippen molar-refractivity contribution < 1.29 is 15.2 Å². The Bertz CT molecular complexity index is 796. The Hall–Kier alpha value is -3.20. The lowest BCUT2D eigenvalue weighted by molar-refractivity contribution is -0.646. The normalized spacial score (nSPS) is 10.2. The van der Waals surface area contributed by atoms with E-state index in [-0.39, 0.29) is 5.48 Å². The number of hydrogen-bond acceptors (Lipinski definition) is 4. The van der Waals surface area contributed by atoms with E-state index in [1.54, 1.807) is 35.6 Å². The van der Waals surface area contributed by atoms with Crippen molar-refractivity contribution in [3.05, 3.63) is 58.9 Å². The van der Waals surface area contributed by atoms with Gasteiger partial charge in [0, 0.05) is 0 Å². The monoisotopic (exact) mass is 316 g/mol. The van der Waals surface area contributed by atoms with Crippen LogP contribution >= 0.6 is 0 Å². The van der Waals surface area contributed by atoms with E-state index in [4.69, 9.17) is 0 Å². The number of rotatable bonds is 0. The lowest BCUT2D eigenvalue weighted by atomic mass is 10.3. The number of hydrogen-bond donors (Lipinski definition) is 0. The molecule has 0 radical (unpaired) electrons. The van der Waals surface area contributed by atoms with Gasteiger partial charge in [-0.3, -0.25) is 0 Å². The highest BCUT2D eigenvalue weighted by Crippen LogP contribution is 2.06. The average Bonchev–Trinajstić information content (AvgIpc) is 2.99. The van der Waals surface area contributed by atoms with Crippen LogP contribution in [0.4, 0.5) is 0 Å². The zero-order valence-corrected chi connectivity index (χ0v) is 12.6. The smallest absolute Gasteiger partial charge is 0.202 e. The number of aromatic nitrogens is 6. The third kappa shape index (κ3) is 2.90. The zero-order chi connectivity index (χ0) is 15.7. The molecule has 0 saturated heterocycles. The van der Waals surface area contributed by atoms with Crippen LogP contribution in [0.25, 0.3) is 22.1 Å². The Labute approximate surface area is 131 Å². The summed E-state index contributed by atoms with van der Waals surface area (Å²) in [5, 5.41) is 29.3. The third-order valence-electron chi connectivity index (χ3n) is 3.30. The molecule has 120 valence electrons. The van der Waals surface area contributed by atoms with Crippen LogP contribution in [-0.4, -0.2) is 25.3 Å². The fraction of sp³-hybridized carbons (Fsp3) is 0.143. The van der Waals surface area contributed by atoms with E-state index in [1.165, 1.54) is 0 Å². The van der Waals surface area contributed by atoms with Crippen molar-refractivity contribution in [3.63, 3.8) is 0 Å². The van der Waals surface area contributed by atoms with Gasteiger partial charge in [0.15, 0.2) is 11.0 Å². The summed E-state index contributed by atoms with van der Waals surface area (Å²) in [6.45, 7) is 0. The minimum atomic E-state index is 0. The van der Waals surface area contributed by atoms with E-state index in [0.717, 1.165) is 11.0 Å². The highest BCUT2D eigenvalue weighted by atomic mass is 16.5. The van der Waals surface area contributed by atoms with Crippen LogP contribution in [0, 0.1) is 10.4 Å². The van der Waals surface area contributed by atoms with Gasteiger partial charge < -0.3 is 15.9 Å². The molecule has 0 unspecified atom stereocenters. The van der Waals surface area contributed by atoms with Crippen molar-refractivity contribution in [3.8, 4) is 0 Å². The summed E-state index contributed by atoms with van der Waals surface area (Å²) in [6, 6.07) is 14.6. The van der Waals surface area contributed by atoms with Crippen LogP contribution in [0.2, 0.25) is 0 Å². The first-order chi connectivity index (χ1) is 10.6.